The number of esters is 2. The number of aliphatic hydroxyl groups is 1. The normalized spacial score (nSPS) is 12.9. The maximum atomic E-state index is 12.2. The highest BCUT2D eigenvalue weighted by molar-refractivity contribution is 5.70. The van der Waals surface area contributed by atoms with Crippen LogP contribution in [0.4, 0.5) is 0 Å². The van der Waals surface area contributed by atoms with Crippen LogP contribution in [0.5, 0.6) is 0 Å². The van der Waals surface area contributed by atoms with Crippen molar-refractivity contribution in [2.24, 2.45) is 0 Å². The molecule has 0 bridgehead atoms. The smallest absolute Gasteiger partial charge is 0.306 e. The first-order valence-electron chi connectivity index (χ1n) is 26.6. The molecule has 0 spiro atoms. The molecular weight excluding hydrogens is 777 g/mol. The monoisotopic (exact) mass is 877 g/mol. The van der Waals surface area contributed by atoms with Crippen molar-refractivity contribution in [3.05, 3.63) is 85.1 Å². The SMILES string of the molecule is CC/C=C\C/C=C\C/C=C\C/C=C\C/C=C\C/C=C\C/C=C\CCCC(=O)OC(CO)COC(=O)CCCCCCCCCCCCCCCCCCCCCCCCCCCC. The van der Waals surface area contributed by atoms with Crippen LogP contribution >= 0.6 is 0 Å². The lowest BCUT2D eigenvalue weighted by Crippen LogP contribution is -2.28. The van der Waals surface area contributed by atoms with E-state index < -0.39 is 6.10 Å². The summed E-state index contributed by atoms with van der Waals surface area (Å²) in [7, 11) is 0. The van der Waals surface area contributed by atoms with Gasteiger partial charge in [-0.25, -0.2) is 0 Å². The average molecular weight is 877 g/mol. The van der Waals surface area contributed by atoms with E-state index in [2.05, 4.69) is 98.9 Å². The summed E-state index contributed by atoms with van der Waals surface area (Å²) in [6.45, 7) is 4.00. The second-order valence-electron chi connectivity index (χ2n) is 17.6. The zero-order valence-electron chi connectivity index (χ0n) is 41.3. The number of allylic oxidation sites excluding steroid dienone is 14. The fourth-order valence-electron chi connectivity index (χ4n) is 7.49. The van der Waals surface area contributed by atoms with Crippen LogP contribution in [0.3, 0.4) is 0 Å². The molecule has 0 aliphatic carbocycles. The highest BCUT2D eigenvalue weighted by Gasteiger charge is 2.16. The van der Waals surface area contributed by atoms with Gasteiger partial charge in [-0.3, -0.25) is 9.59 Å². The molecule has 0 heterocycles. The van der Waals surface area contributed by atoms with Crippen LogP contribution in [0.15, 0.2) is 85.1 Å². The molecule has 0 aromatic heterocycles. The summed E-state index contributed by atoms with van der Waals surface area (Å²) >= 11 is 0. The Kier molecular flexibility index (Phi) is 50.9. The predicted octanol–water partition coefficient (Wildman–Crippen LogP) is 17.8. The number of carbonyl (C=O) groups is 2. The van der Waals surface area contributed by atoms with Crippen LogP contribution in [-0.4, -0.2) is 36.4 Å². The summed E-state index contributed by atoms with van der Waals surface area (Å²) in [5, 5.41) is 9.62. The minimum absolute atomic E-state index is 0.0909. The van der Waals surface area contributed by atoms with Gasteiger partial charge in [0.15, 0.2) is 6.10 Å². The van der Waals surface area contributed by atoms with Crippen molar-refractivity contribution in [1.29, 1.82) is 0 Å². The molecule has 362 valence electrons. The average Bonchev–Trinajstić information content (AvgIpc) is 3.29. The Labute approximate surface area is 390 Å². The lowest BCUT2D eigenvalue weighted by atomic mass is 10.0. The standard InChI is InChI=1S/C58H100O5/c1-3-5-7-9-11-13-15-17-19-21-23-25-27-28-29-31-32-34-36-38-40-42-44-46-48-50-52-57(60)62-55-56(54-59)63-58(61)53-51-49-47-45-43-41-39-37-35-33-30-26-24-22-20-18-16-14-12-10-8-6-4-2/h6,8,12,14,18,20,24,26,33,35,39,41,45,47,56,59H,3-5,7,9-11,13,15-17,19,21-23,25,27-32,34,36-38,40,42-44,46,48-55H2,1-2H3/b8-6-,14-12-,20-18-,26-24-,35-33-,41-39-,47-45-. The van der Waals surface area contributed by atoms with Crippen molar-refractivity contribution in [3.8, 4) is 0 Å². The topological polar surface area (TPSA) is 72.8 Å². The van der Waals surface area contributed by atoms with Gasteiger partial charge in [0.1, 0.15) is 6.61 Å². The number of rotatable bonds is 48. The first-order chi connectivity index (χ1) is 31.1. The maximum absolute atomic E-state index is 12.2. The second kappa shape index (κ2) is 53.4. The van der Waals surface area contributed by atoms with E-state index in [1.54, 1.807) is 0 Å². The molecule has 1 atom stereocenters. The Balaban J connectivity index is 3.57. The van der Waals surface area contributed by atoms with E-state index in [0.717, 1.165) is 70.6 Å². The van der Waals surface area contributed by atoms with Crippen LogP contribution < -0.4 is 0 Å². The molecule has 5 nitrogen and oxygen atoms in total. The third kappa shape index (κ3) is 51.6. The van der Waals surface area contributed by atoms with Gasteiger partial charge in [0.2, 0.25) is 0 Å². The number of aliphatic hydroxyl groups excluding tert-OH is 1. The van der Waals surface area contributed by atoms with Gasteiger partial charge in [0.05, 0.1) is 6.61 Å². The minimum atomic E-state index is -0.806. The summed E-state index contributed by atoms with van der Waals surface area (Å²) < 4.78 is 10.6. The highest BCUT2D eigenvalue weighted by Crippen LogP contribution is 2.16. The van der Waals surface area contributed by atoms with Crippen LogP contribution in [0.1, 0.15) is 251 Å². The molecule has 0 radical (unpaired) electrons. The van der Waals surface area contributed by atoms with Crippen LogP contribution in [-0.2, 0) is 19.1 Å². The summed E-state index contributed by atoms with van der Waals surface area (Å²) in [6.07, 6.45) is 74.1. The first-order valence-corrected chi connectivity index (χ1v) is 26.6. The molecule has 0 amide bonds. The van der Waals surface area contributed by atoms with Gasteiger partial charge >= 0.3 is 11.9 Å². The first kappa shape index (κ1) is 60.1. The van der Waals surface area contributed by atoms with E-state index in [1.807, 2.05) is 0 Å². The molecule has 0 aliphatic heterocycles. The Morgan fingerprint density at radius 3 is 1.02 bits per heavy atom. The van der Waals surface area contributed by atoms with Gasteiger partial charge in [0, 0.05) is 12.8 Å². The van der Waals surface area contributed by atoms with Crippen LogP contribution in [0.25, 0.3) is 0 Å². The Morgan fingerprint density at radius 2 is 0.683 bits per heavy atom. The summed E-state index contributed by atoms with van der Waals surface area (Å²) in [6, 6.07) is 0. The van der Waals surface area contributed by atoms with Crippen molar-refractivity contribution in [2.75, 3.05) is 13.2 Å². The molecule has 1 N–H and O–H groups in total. The molecule has 63 heavy (non-hydrogen) atoms. The Bertz CT molecular complexity index is 1170. The van der Waals surface area contributed by atoms with Crippen molar-refractivity contribution < 1.29 is 24.2 Å². The zero-order chi connectivity index (χ0) is 45.6. The van der Waals surface area contributed by atoms with Crippen LogP contribution in [0, 0.1) is 0 Å². The zero-order valence-corrected chi connectivity index (χ0v) is 41.3. The molecule has 1 unspecified atom stereocenters. The van der Waals surface area contributed by atoms with Gasteiger partial charge in [-0.05, 0) is 64.2 Å². The largest absolute Gasteiger partial charge is 0.462 e. The molecule has 0 aromatic carbocycles. The number of unbranched alkanes of at least 4 members (excludes halogenated alkanes) is 26. The third-order valence-electron chi connectivity index (χ3n) is 11.5. The van der Waals surface area contributed by atoms with E-state index in [4.69, 9.17) is 9.47 Å². The number of hydrogen-bond acceptors (Lipinski definition) is 5. The number of carbonyl (C=O) groups excluding carboxylic acids is 2. The molecule has 0 saturated carbocycles. The van der Waals surface area contributed by atoms with Crippen LogP contribution in [0.2, 0.25) is 0 Å². The lowest BCUT2D eigenvalue weighted by molar-refractivity contribution is -0.161. The van der Waals surface area contributed by atoms with Gasteiger partial charge in [-0.15, -0.1) is 0 Å². The summed E-state index contributed by atoms with van der Waals surface area (Å²) in [4.78, 5) is 24.4. The van der Waals surface area contributed by atoms with Crippen molar-refractivity contribution in [1.82, 2.24) is 0 Å². The molecule has 0 rings (SSSR count). The third-order valence-corrected chi connectivity index (χ3v) is 11.5. The van der Waals surface area contributed by atoms with E-state index in [1.165, 1.54) is 148 Å². The van der Waals surface area contributed by atoms with E-state index in [-0.39, 0.29) is 31.6 Å². The fraction of sp³-hybridized carbons (Fsp3) is 0.724. The van der Waals surface area contributed by atoms with Gasteiger partial charge < -0.3 is 14.6 Å². The Hall–Kier alpha value is -2.92. The molecule has 0 saturated heterocycles. The fourth-order valence-corrected chi connectivity index (χ4v) is 7.49. The van der Waals surface area contributed by atoms with E-state index >= 15 is 0 Å². The molecular formula is C58H100O5. The lowest BCUT2D eigenvalue weighted by Gasteiger charge is -2.15. The van der Waals surface area contributed by atoms with Crippen molar-refractivity contribution >= 4 is 11.9 Å². The number of ether oxygens (including phenoxy) is 2. The van der Waals surface area contributed by atoms with E-state index in [9.17, 15) is 14.7 Å². The molecule has 0 fully saturated rings. The van der Waals surface area contributed by atoms with Gasteiger partial charge in [0.25, 0.3) is 0 Å². The quantitative estimate of drug-likeness (QED) is 0.0374. The summed E-state index contributed by atoms with van der Waals surface area (Å²) in [5.74, 6) is -0.656. The molecule has 0 aromatic rings. The predicted molar refractivity (Wildman–Crippen MR) is 274 cm³/mol. The number of hydrogen-bond donors (Lipinski definition) is 1. The van der Waals surface area contributed by atoms with Gasteiger partial charge in [-0.2, -0.15) is 0 Å². The van der Waals surface area contributed by atoms with Gasteiger partial charge in [-0.1, -0.05) is 259 Å². The van der Waals surface area contributed by atoms with Crippen molar-refractivity contribution in [3.63, 3.8) is 0 Å². The summed E-state index contributed by atoms with van der Waals surface area (Å²) in [5.41, 5.74) is 0. The highest BCUT2D eigenvalue weighted by atomic mass is 16.6. The molecule has 5 heteroatoms. The van der Waals surface area contributed by atoms with E-state index in [0.29, 0.717) is 12.8 Å². The molecule has 0 aliphatic rings. The van der Waals surface area contributed by atoms with Crippen molar-refractivity contribution in [2.45, 2.75) is 258 Å². The minimum Gasteiger partial charge on any atom is -0.462 e. The Morgan fingerprint density at radius 1 is 0.381 bits per heavy atom. The second-order valence-corrected chi connectivity index (χ2v) is 17.6. The maximum Gasteiger partial charge on any atom is 0.306 e.